The maximum atomic E-state index is 13.0. The van der Waals surface area contributed by atoms with Gasteiger partial charge in [-0.25, -0.2) is 4.98 Å². The van der Waals surface area contributed by atoms with Crippen LogP contribution in [0.5, 0.6) is 5.88 Å². The zero-order valence-electron chi connectivity index (χ0n) is 10.7. The second-order valence-corrected chi connectivity index (χ2v) is 4.16. The zero-order chi connectivity index (χ0) is 14.8. The molecule has 6 heteroatoms. The monoisotopic (exact) mass is 282 g/mol. The van der Waals surface area contributed by atoms with Crippen LogP contribution in [0.1, 0.15) is 22.7 Å². The largest absolute Gasteiger partial charge is 0.481 e. The minimum Gasteiger partial charge on any atom is -0.481 e. The van der Waals surface area contributed by atoms with E-state index in [1.54, 1.807) is 12.1 Å². The number of nitrogens with two attached hydrogens (primary N) is 1. The van der Waals surface area contributed by atoms with Crippen LogP contribution in [0.4, 0.5) is 13.2 Å². The summed E-state index contributed by atoms with van der Waals surface area (Å²) in [6, 6.07) is 7.47. The normalized spacial score (nSPS) is 13.1. The van der Waals surface area contributed by atoms with E-state index in [9.17, 15) is 13.2 Å². The first kappa shape index (κ1) is 14.3. The summed E-state index contributed by atoms with van der Waals surface area (Å²) >= 11 is 0. The zero-order valence-corrected chi connectivity index (χ0v) is 10.7. The average Bonchev–Trinajstić information content (AvgIpc) is 2.45. The molecule has 0 aliphatic carbocycles. The molecule has 1 atom stereocenters. The van der Waals surface area contributed by atoms with E-state index in [2.05, 4.69) is 4.98 Å². The molecule has 1 heterocycles. The molecule has 106 valence electrons. The fourth-order valence-electron chi connectivity index (χ4n) is 2.00. The summed E-state index contributed by atoms with van der Waals surface area (Å²) in [6.07, 6.45) is -2.96. The van der Waals surface area contributed by atoms with E-state index in [1.165, 1.54) is 31.5 Å². The van der Waals surface area contributed by atoms with Crippen molar-refractivity contribution in [2.45, 2.75) is 12.2 Å². The summed E-state index contributed by atoms with van der Waals surface area (Å²) in [6.45, 7) is 0. The molecule has 0 bridgehead atoms. The summed E-state index contributed by atoms with van der Waals surface area (Å²) in [5.74, 6) is 0.219. The van der Waals surface area contributed by atoms with Gasteiger partial charge >= 0.3 is 6.18 Å². The Labute approximate surface area is 114 Å². The lowest BCUT2D eigenvalue weighted by molar-refractivity contribution is -0.138. The number of benzene rings is 1. The molecular formula is C14H13F3N2O. The Kier molecular flexibility index (Phi) is 3.94. The quantitative estimate of drug-likeness (QED) is 0.940. The van der Waals surface area contributed by atoms with E-state index in [0.717, 1.165) is 6.07 Å². The van der Waals surface area contributed by atoms with Crippen LogP contribution in [-0.2, 0) is 6.18 Å². The van der Waals surface area contributed by atoms with Gasteiger partial charge in [0, 0.05) is 11.8 Å². The predicted molar refractivity (Wildman–Crippen MR) is 68.3 cm³/mol. The Morgan fingerprint density at radius 2 is 1.75 bits per heavy atom. The third-order valence-corrected chi connectivity index (χ3v) is 2.93. The van der Waals surface area contributed by atoms with E-state index in [-0.39, 0.29) is 11.4 Å². The molecule has 0 aliphatic rings. The van der Waals surface area contributed by atoms with Crippen molar-refractivity contribution in [3.05, 3.63) is 59.3 Å². The number of alkyl halides is 3. The molecule has 20 heavy (non-hydrogen) atoms. The van der Waals surface area contributed by atoms with Crippen molar-refractivity contribution in [3.63, 3.8) is 0 Å². The lowest BCUT2D eigenvalue weighted by Crippen LogP contribution is -2.19. The van der Waals surface area contributed by atoms with Gasteiger partial charge in [0.05, 0.1) is 18.7 Å². The molecule has 0 spiro atoms. The van der Waals surface area contributed by atoms with E-state index >= 15 is 0 Å². The molecule has 0 aliphatic heterocycles. The van der Waals surface area contributed by atoms with Crippen molar-refractivity contribution in [2.24, 2.45) is 5.73 Å². The summed E-state index contributed by atoms with van der Waals surface area (Å²) < 4.78 is 44.1. The molecule has 1 aromatic carbocycles. The molecule has 1 unspecified atom stereocenters. The Hall–Kier alpha value is -2.08. The SMILES string of the molecule is COc1ncccc1C(N)c1ccccc1C(F)(F)F. The third-order valence-electron chi connectivity index (χ3n) is 2.93. The maximum absolute atomic E-state index is 13.0. The highest BCUT2D eigenvalue weighted by Gasteiger charge is 2.35. The second-order valence-electron chi connectivity index (χ2n) is 4.16. The minimum absolute atomic E-state index is 0.00806. The first-order valence-electron chi connectivity index (χ1n) is 5.85. The Morgan fingerprint density at radius 1 is 1.10 bits per heavy atom. The molecule has 1 aromatic heterocycles. The summed E-state index contributed by atoms with van der Waals surface area (Å²) in [7, 11) is 1.40. The van der Waals surface area contributed by atoms with Gasteiger partial charge in [0.25, 0.3) is 0 Å². The molecule has 0 amide bonds. The smallest absolute Gasteiger partial charge is 0.416 e. The van der Waals surface area contributed by atoms with Gasteiger partial charge in [-0.15, -0.1) is 0 Å². The molecule has 0 radical (unpaired) electrons. The first-order valence-corrected chi connectivity index (χ1v) is 5.85. The molecule has 2 N–H and O–H groups in total. The molecule has 2 aromatic rings. The van der Waals surface area contributed by atoms with Gasteiger partial charge in [-0.1, -0.05) is 24.3 Å². The Balaban J connectivity index is 2.52. The maximum Gasteiger partial charge on any atom is 0.416 e. The number of methoxy groups -OCH3 is 1. The Bertz CT molecular complexity index is 599. The van der Waals surface area contributed by atoms with Crippen molar-refractivity contribution in [1.82, 2.24) is 4.98 Å². The number of rotatable bonds is 3. The van der Waals surface area contributed by atoms with Crippen molar-refractivity contribution in [1.29, 1.82) is 0 Å². The molecular weight excluding hydrogens is 269 g/mol. The highest BCUT2D eigenvalue weighted by atomic mass is 19.4. The predicted octanol–water partition coefficient (Wildman–Crippen LogP) is 3.16. The van der Waals surface area contributed by atoms with Crippen LogP contribution in [-0.4, -0.2) is 12.1 Å². The van der Waals surface area contributed by atoms with Crippen LogP contribution < -0.4 is 10.5 Å². The van der Waals surface area contributed by atoms with E-state index in [1.807, 2.05) is 0 Å². The number of nitrogens with zero attached hydrogens (tertiary/aromatic N) is 1. The van der Waals surface area contributed by atoms with Gasteiger partial charge in [-0.2, -0.15) is 13.2 Å². The molecule has 0 fully saturated rings. The standard InChI is InChI=1S/C14H13F3N2O/c1-20-13-10(6-4-8-19-13)12(18)9-5-2-3-7-11(9)14(15,16)17/h2-8,12H,18H2,1H3. The van der Waals surface area contributed by atoms with Crippen LogP contribution >= 0.6 is 0 Å². The molecule has 0 saturated carbocycles. The fraction of sp³-hybridized carbons (Fsp3) is 0.214. The first-order chi connectivity index (χ1) is 9.45. The lowest BCUT2D eigenvalue weighted by atomic mass is 9.95. The topological polar surface area (TPSA) is 48.1 Å². The minimum atomic E-state index is -4.45. The van der Waals surface area contributed by atoms with Gasteiger partial charge in [0.15, 0.2) is 0 Å². The van der Waals surface area contributed by atoms with Crippen LogP contribution in [0.15, 0.2) is 42.6 Å². The summed E-state index contributed by atoms with van der Waals surface area (Å²) in [5.41, 5.74) is 5.62. The lowest BCUT2D eigenvalue weighted by Gasteiger charge is -2.19. The fourth-order valence-corrected chi connectivity index (χ4v) is 2.00. The number of aromatic nitrogens is 1. The van der Waals surface area contributed by atoms with Gasteiger partial charge in [-0.3, -0.25) is 0 Å². The van der Waals surface area contributed by atoms with Crippen molar-refractivity contribution >= 4 is 0 Å². The van der Waals surface area contributed by atoms with Crippen LogP contribution in [0.25, 0.3) is 0 Å². The van der Waals surface area contributed by atoms with Crippen LogP contribution in [0, 0.1) is 0 Å². The van der Waals surface area contributed by atoms with Crippen LogP contribution in [0.2, 0.25) is 0 Å². The van der Waals surface area contributed by atoms with Gasteiger partial charge in [0.2, 0.25) is 5.88 Å². The number of hydrogen-bond donors (Lipinski definition) is 1. The molecule has 0 saturated heterocycles. The average molecular weight is 282 g/mol. The van der Waals surface area contributed by atoms with Crippen molar-refractivity contribution in [2.75, 3.05) is 7.11 Å². The van der Waals surface area contributed by atoms with Crippen LogP contribution in [0.3, 0.4) is 0 Å². The van der Waals surface area contributed by atoms with Gasteiger partial charge < -0.3 is 10.5 Å². The number of pyridine rings is 1. The van der Waals surface area contributed by atoms with Crippen molar-refractivity contribution < 1.29 is 17.9 Å². The summed E-state index contributed by atoms with van der Waals surface area (Å²) in [4.78, 5) is 3.95. The van der Waals surface area contributed by atoms with E-state index in [4.69, 9.17) is 10.5 Å². The number of ether oxygens (including phenoxy) is 1. The Morgan fingerprint density at radius 3 is 2.40 bits per heavy atom. The van der Waals surface area contributed by atoms with Crippen molar-refractivity contribution in [3.8, 4) is 5.88 Å². The van der Waals surface area contributed by atoms with E-state index in [0.29, 0.717) is 5.56 Å². The number of halogens is 3. The van der Waals surface area contributed by atoms with E-state index < -0.39 is 17.8 Å². The second kappa shape index (κ2) is 5.50. The highest BCUT2D eigenvalue weighted by Crippen LogP contribution is 2.36. The molecule has 3 nitrogen and oxygen atoms in total. The third kappa shape index (κ3) is 2.75. The summed E-state index contributed by atoms with van der Waals surface area (Å²) in [5, 5.41) is 0. The number of hydrogen-bond acceptors (Lipinski definition) is 3. The van der Waals surface area contributed by atoms with Gasteiger partial charge in [0.1, 0.15) is 0 Å². The van der Waals surface area contributed by atoms with Gasteiger partial charge in [-0.05, 0) is 17.7 Å². The highest BCUT2D eigenvalue weighted by molar-refractivity contribution is 5.41. The molecule has 2 rings (SSSR count).